The molecule has 1 amide bonds. The highest BCUT2D eigenvalue weighted by molar-refractivity contribution is 6.32. The number of nitrogens with zero attached hydrogens (tertiary/aromatic N) is 1. The number of amides is 1. The van der Waals surface area contributed by atoms with Crippen molar-refractivity contribution in [3.8, 4) is 5.75 Å². The number of ether oxygens (including phenoxy) is 2. The van der Waals surface area contributed by atoms with Crippen LogP contribution in [-0.2, 0) is 9.53 Å². The summed E-state index contributed by atoms with van der Waals surface area (Å²) in [5, 5.41) is 4.21. The monoisotopic (exact) mass is 450 g/mol. The number of hydrogen-bond donors (Lipinski definition) is 1. The Morgan fingerprint density at radius 1 is 1.26 bits per heavy atom. The van der Waals surface area contributed by atoms with Gasteiger partial charge in [-0.2, -0.15) is 13.9 Å². The Hall–Kier alpha value is -3.00. The molecule has 1 atom stereocenters. The Morgan fingerprint density at radius 2 is 1.97 bits per heavy atom. The Kier molecular flexibility index (Phi) is 6.90. The lowest BCUT2D eigenvalue weighted by molar-refractivity contribution is -0.121. The van der Waals surface area contributed by atoms with E-state index >= 15 is 0 Å². The van der Waals surface area contributed by atoms with Gasteiger partial charge < -0.3 is 9.47 Å². The van der Waals surface area contributed by atoms with E-state index in [0.717, 1.165) is 0 Å². The summed E-state index contributed by atoms with van der Waals surface area (Å²) in [5.74, 6) is -4.43. The van der Waals surface area contributed by atoms with E-state index in [1.54, 1.807) is 37.3 Å². The van der Waals surface area contributed by atoms with Gasteiger partial charge in [-0.15, -0.1) is 0 Å². The minimum atomic E-state index is -3.41. The van der Waals surface area contributed by atoms with Crippen LogP contribution in [0, 0.1) is 12.8 Å². The summed E-state index contributed by atoms with van der Waals surface area (Å²) in [7, 11) is 0. The minimum Gasteiger partial charge on any atom is -0.485 e. The molecule has 1 aliphatic rings. The zero-order valence-corrected chi connectivity index (χ0v) is 17.7. The zero-order valence-electron chi connectivity index (χ0n) is 17.0. The summed E-state index contributed by atoms with van der Waals surface area (Å²) in [6.07, 6.45) is 0.293. The molecular weight excluding hydrogens is 430 g/mol. The molecule has 31 heavy (non-hydrogen) atoms. The van der Waals surface area contributed by atoms with Crippen molar-refractivity contribution in [2.24, 2.45) is 11.0 Å². The number of hydrogen-bond acceptors (Lipinski definition) is 5. The number of aryl methyl sites for hydroxylation is 1. The Morgan fingerprint density at radius 3 is 2.61 bits per heavy atom. The van der Waals surface area contributed by atoms with Gasteiger partial charge in [0.25, 0.3) is 0 Å². The van der Waals surface area contributed by atoms with E-state index in [0.29, 0.717) is 23.3 Å². The maximum Gasteiger partial charge on any atom is 0.338 e. The van der Waals surface area contributed by atoms with E-state index in [-0.39, 0.29) is 28.2 Å². The number of benzene rings is 2. The van der Waals surface area contributed by atoms with Crippen LogP contribution in [0.5, 0.6) is 5.75 Å². The Labute approximate surface area is 183 Å². The second-order valence-electron chi connectivity index (χ2n) is 7.33. The molecule has 0 bridgehead atoms. The number of rotatable bonds is 7. The highest BCUT2D eigenvalue weighted by atomic mass is 35.5. The summed E-state index contributed by atoms with van der Waals surface area (Å²) in [5.41, 5.74) is 4.47. The number of halogens is 3. The SMILES string of the molecule is Cc1cc(C2=NNC(=O)CC2C)cc(Cl)c1OCC(F)(F)COC(=O)c1ccccc1. The first-order valence-electron chi connectivity index (χ1n) is 9.56. The third kappa shape index (κ3) is 5.79. The molecule has 1 N–H and O–H groups in total. The Bertz CT molecular complexity index is 989. The van der Waals surface area contributed by atoms with Crippen LogP contribution in [0.4, 0.5) is 8.78 Å². The number of esters is 1. The first kappa shape index (κ1) is 22.7. The van der Waals surface area contributed by atoms with Gasteiger partial charge in [-0.25, -0.2) is 10.2 Å². The van der Waals surface area contributed by atoms with Crippen LogP contribution in [-0.4, -0.2) is 36.7 Å². The maximum absolute atomic E-state index is 14.2. The molecule has 0 spiro atoms. The van der Waals surface area contributed by atoms with Gasteiger partial charge in [0.1, 0.15) is 5.75 Å². The average molecular weight is 451 g/mol. The van der Waals surface area contributed by atoms with Gasteiger partial charge >= 0.3 is 11.9 Å². The molecule has 1 unspecified atom stereocenters. The topological polar surface area (TPSA) is 77.0 Å². The number of alkyl halides is 2. The molecule has 9 heteroatoms. The molecule has 0 radical (unpaired) electrons. The normalized spacial score (nSPS) is 16.4. The molecule has 0 fully saturated rings. The smallest absolute Gasteiger partial charge is 0.338 e. The summed E-state index contributed by atoms with van der Waals surface area (Å²) in [4.78, 5) is 23.3. The van der Waals surface area contributed by atoms with Crippen molar-refractivity contribution < 1.29 is 27.8 Å². The molecular formula is C22H21ClF2N2O4. The van der Waals surface area contributed by atoms with Gasteiger partial charge in [-0.05, 0) is 36.8 Å². The number of carbonyl (C=O) groups excluding carboxylic acids is 2. The third-order valence-corrected chi connectivity index (χ3v) is 4.92. The lowest BCUT2D eigenvalue weighted by atomic mass is 9.93. The van der Waals surface area contributed by atoms with Crippen LogP contribution >= 0.6 is 11.6 Å². The number of hydrazone groups is 1. The molecule has 164 valence electrons. The van der Waals surface area contributed by atoms with Crippen molar-refractivity contribution in [2.75, 3.05) is 13.2 Å². The van der Waals surface area contributed by atoms with Crippen molar-refractivity contribution in [1.82, 2.24) is 5.43 Å². The van der Waals surface area contributed by atoms with Gasteiger partial charge in [0, 0.05) is 17.9 Å². The van der Waals surface area contributed by atoms with E-state index in [1.165, 1.54) is 12.1 Å². The van der Waals surface area contributed by atoms with Crippen molar-refractivity contribution in [3.63, 3.8) is 0 Å². The first-order valence-corrected chi connectivity index (χ1v) is 9.94. The van der Waals surface area contributed by atoms with Gasteiger partial charge in [-0.1, -0.05) is 36.7 Å². The molecule has 0 saturated carbocycles. The summed E-state index contributed by atoms with van der Waals surface area (Å²) >= 11 is 6.27. The van der Waals surface area contributed by atoms with Crippen LogP contribution in [0.3, 0.4) is 0 Å². The summed E-state index contributed by atoms with van der Waals surface area (Å²) in [6, 6.07) is 11.1. The lowest BCUT2D eigenvalue weighted by Crippen LogP contribution is -2.33. The molecule has 2 aromatic carbocycles. The van der Waals surface area contributed by atoms with Gasteiger partial charge in [-0.3, -0.25) is 4.79 Å². The van der Waals surface area contributed by atoms with Crippen LogP contribution in [0.1, 0.15) is 34.8 Å². The molecule has 3 rings (SSSR count). The lowest BCUT2D eigenvalue weighted by Gasteiger charge is -2.22. The number of carbonyl (C=O) groups is 2. The van der Waals surface area contributed by atoms with E-state index in [4.69, 9.17) is 21.1 Å². The van der Waals surface area contributed by atoms with Gasteiger partial charge in [0.2, 0.25) is 5.91 Å². The molecule has 0 aromatic heterocycles. The minimum absolute atomic E-state index is 0.104. The van der Waals surface area contributed by atoms with E-state index in [1.807, 2.05) is 6.92 Å². The average Bonchev–Trinajstić information content (AvgIpc) is 2.72. The molecule has 1 heterocycles. The van der Waals surface area contributed by atoms with Crippen LogP contribution in [0.25, 0.3) is 0 Å². The fourth-order valence-electron chi connectivity index (χ4n) is 3.11. The fraction of sp³-hybridized carbons (Fsp3) is 0.318. The Balaban J connectivity index is 1.64. The quantitative estimate of drug-likeness (QED) is 0.635. The maximum atomic E-state index is 14.2. The van der Waals surface area contributed by atoms with E-state index in [2.05, 4.69) is 10.5 Å². The van der Waals surface area contributed by atoms with Crippen molar-refractivity contribution in [3.05, 3.63) is 64.2 Å². The van der Waals surface area contributed by atoms with E-state index < -0.39 is 25.1 Å². The summed E-state index contributed by atoms with van der Waals surface area (Å²) < 4.78 is 38.4. The fourth-order valence-corrected chi connectivity index (χ4v) is 3.43. The third-order valence-electron chi connectivity index (χ3n) is 4.64. The molecule has 0 saturated heterocycles. The molecule has 0 aliphatic carbocycles. The predicted molar refractivity (Wildman–Crippen MR) is 112 cm³/mol. The molecule has 6 nitrogen and oxygen atoms in total. The predicted octanol–water partition coefficient (Wildman–Crippen LogP) is 4.38. The molecule has 2 aromatic rings. The van der Waals surface area contributed by atoms with Crippen molar-refractivity contribution in [1.29, 1.82) is 0 Å². The van der Waals surface area contributed by atoms with Crippen molar-refractivity contribution in [2.45, 2.75) is 26.2 Å². The molecule has 1 aliphatic heterocycles. The van der Waals surface area contributed by atoms with Crippen LogP contribution < -0.4 is 10.2 Å². The highest BCUT2D eigenvalue weighted by Crippen LogP contribution is 2.33. The second-order valence-corrected chi connectivity index (χ2v) is 7.74. The highest BCUT2D eigenvalue weighted by Gasteiger charge is 2.33. The van der Waals surface area contributed by atoms with Crippen molar-refractivity contribution >= 4 is 29.2 Å². The summed E-state index contributed by atoms with van der Waals surface area (Å²) in [6.45, 7) is 1.40. The van der Waals surface area contributed by atoms with Crippen LogP contribution in [0.2, 0.25) is 5.02 Å². The standard InChI is InChI=1S/C22H21ClF2N2O4/c1-13-9-18(28)26-27-19(13)16-8-14(2)20(17(23)10-16)30-11-22(24,25)12-31-21(29)15-6-4-3-5-7-15/h3-8,10,13H,9,11-12H2,1-2H3,(H,26,28). The zero-order chi connectivity index (χ0) is 22.6. The first-order chi connectivity index (χ1) is 14.7. The largest absolute Gasteiger partial charge is 0.485 e. The van der Waals surface area contributed by atoms with Crippen LogP contribution in [0.15, 0.2) is 47.6 Å². The van der Waals surface area contributed by atoms with E-state index in [9.17, 15) is 18.4 Å². The van der Waals surface area contributed by atoms with Gasteiger partial charge in [0.05, 0.1) is 16.3 Å². The second kappa shape index (κ2) is 9.43. The number of nitrogens with one attached hydrogen (secondary N) is 1. The van der Waals surface area contributed by atoms with Gasteiger partial charge in [0.15, 0.2) is 13.2 Å².